The van der Waals surface area contributed by atoms with Crippen molar-refractivity contribution in [2.45, 2.75) is 19.1 Å². The summed E-state index contributed by atoms with van der Waals surface area (Å²) in [4.78, 5) is 30.7. The van der Waals surface area contributed by atoms with Gasteiger partial charge in [-0.2, -0.15) is 0 Å². The van der Waals surface area contributed by atoms with Crippen molar-refractivity contribution in [3.05, 3.63) is 83.9 Å². The van der Waals surface area contributed by atoms with Crippen LogP contribution in [0.25, 0.3) is 0 Å². The van der Waals surface area contributed by atoms with Crippen LogP contribution in [0.15, 0.2) is 67.3 Å². The summed E-state index contributed by atoms with van der Waals surface area (Å²) >= 11 is 0. The number of nitrogens with zero attached hydrogens (tertiary/aromatic N) is 3. The molecule has 2 aromatic carbocycles. The van der Waals surface area contributed by atoms with E-state index in [9.17, 15) is 9.59 Å². The highest BCUT2D eigenvalue weighted by atomic mass is 16.2. The molecule has 4 rings (SSSR count). The zero-order valence-electron chi connectivity index (χ0n) is 16.2. The lowest BCUT2D eigenvalue weighted by atomic mass is 10.1. The van der Waals surface area contributed by atoms with Crippen LogP contribution in [0.3, 0.4) is 0 Å². The highest BCUT2D eigenvalue weighted by Gasteiger charge is 2.27. The molecule has 0 bridgehead atoms. The fourth-order valence-electron chi connectivity index (χ4n) is 3.63. The number of hydrogen-bond acceptors (Lipinski definition) is 4. The number of anilines is 1. The van der Waals surface area contributed by atoms with E-state index in [1.165, 1.54) is 11.1 Å². The topological polar surface area (TPSA) is 79.3 Å². The Hall–Kier alpha value is -3.45. The molecular formula is C22H23N5O2. The van der Waals surface area contributed by atoms with E-state index in [0.717, 1.165) is 12.1 Å². The first-order valence-corrected chi connectivity index (χ1v) is 9.52. The van der Waals surface area contributed by atoms with Crippen molar-refractivity contribution in [1.29, 1.82) is 0 Å². The van der Waals surface area contributed by atoms with Gasteiger partial charge in [-0.3, -0.25) is 14.5 Å². The summed E-state index contributed by atoms with van der Waals surface area (Å²) in [5, 5.41) is 5.40. The first kappa shape index (κ1) is 18.9. The van der Waals surface area contributed by atoms with Crippen LogP contribution in [0.2, 0.25) is 0 Å². The van der Waals surface area contributed by atoms with E-state index < -0.39 is 11.8 Å². The van der Waals surface area contributed by atoms with Crippen LogP contribution in [-0.4, -0.2) is 39.9 Å². The Labute approximate surface area is 169 Å². The highest BCUT2D eigenvalue weighted by Crippen LogP contribution is 2.31. The number of hydrogen-bond donors (Lipinski definition) is 2. The Morgan fingerprint density at radius 2 is 1.90 bits per heavy atom. The third-order valence-corrected chi connectivity index (χ3v) is 5.16. The van der Waals surface area contributed by atoms with Crippen molar-refractivity contribution in [3.63, 3.8) is 0 Å². The molecule has 0 fully saturated rings. The van der Waals surface area contributed by atoms with Crippen LogP contribution in [-0.2, 0) is 22.7 Å². The number of amides is 2. The number of likely N-dealkylation sites (N-methyl/N-ethyl adjacent to an activating group) is 1. The van der Waals surface area contributed by atoms with E-state index in [0.29, 0.717) is 18.8 Å². The van der Waals surface area contributed by atoms with Crippen LogP contribution in [0.4, 0.5) is 5.69 Å². The maximum atomic E-state index is 12.2. The lowest BCUT2D eigenvalue weighted by Gasteiger charge is -2.20. The molecule has 148 valence electrons. The summed E-state index contributed by atoms with van der Waals surface area (Å²) in [5.74, 6) is -1.30. The molecule has 0 saturated carbocycles. The number of carbonyl (C=O) groups is 2. The van der Waals surface area contributed by atoms with E-state index in [-0.39, 0.29) is 6.04 Å². The average molecular weight is 389 g/mol. The number of nitrogens with one attached hydrogen (secondary N) is 2. The minimum absolute atomic E-state index is 0.0745. The van der Waals surface area contributed by atoms with Gasteiger partial charge in [0.2, 0.25) is 0 Å². The van der Waals surface area contributed by atoms with E-state index in [2.05, 4.69) is 32.7 Å². The number of benzene rings is 2. The van der Waals surface area contributed by atoms with Gasteiger partial charge in [-0.25, -0.2) is 4.98 Å². The molecule has 29 heavy (non-hydrogen) atoms. The molecule has 3 aromatic rings. The monoisotopic (exact) mass is 389 g/mol. The zero-order chi connectivity index (χ0) is 20.2. The van der Waals surface area contributed by atoms with Gasteiger partial charge in [0.05, 0.1) is 12.4 Å². The SMILES string of the molecule is CN1Cc2ccccc2C1CNC(=O)C(=O)Nc1ccc(Cn2ccnc2)cc1. The smallest absolute Gasteiger partial charge is 0.313 e. The fraction of sp³-hybridized carbons (Fsp3) is 0.227. The second-order valence-corrected chi connectivity index (χ2v) is 7.23. The van der Waals surface area contributed by atoms with Crippen LogP contribution >= 0.6 is 0 Å². The minimum atomic E-state index is -0.665. The van der Waals surface area contributed by atoms with Gasteiger partial charge in [-0.1, -0.05) is 36.4 Å². The quantitative estimate of drug-likeness (QED) is 0.656. The number of rotatable bonds is 5. The molecule has 1 atom stereocenters. The molecule has 1 aromatic heterocycles. The number of carbonyl (C=O) groups excluding carboxylic acids is 2. The van der Waals surface area contributed by atoms with Crippen molar-refractivity contribution < 1.29 is 9.59 Å². The molecule has 1 unspecified atom stereocenters. The normalized spacial score (nSPS) is 15.7. The van der Waals surface area contributed by atoms with E-state index in [1.807, 2.05) is 42.1 Å². The third kappa shape index (κ3) is 4.35. The Bertz CT molecular complexity index is 998. The molecule has 0 saturated heterocycles. The summed E-state index contributed by atoms with van der Waals surface area (Å²) in [6, 6.07) is 15.7. The average Bonchev–Trinajstić information content (AvgIpc) is 3.34. The maximum Gasteiger partial charge on any atom is 0.313 e. The molecule has 1 aliphatic rings. The number of aromatic nitrogens is 2. The van der Waals surface area contributed by atoms with E-state index in [4.69, 9.17) is 0 Å². The Morgan fingerprint density at radius 1 is 1.10 bits per heavy atom. The number of imidazole rings is 1. The molecule has 0 spiro atoms. The summed E-state index contributed by atoms with van der Waals surface area (Å²) in [6.07, 6.45) is 5.37. The predicted molar refractivity (Wildman–Crippen MR) is 110 cm³/mol. The standard InChI is InChI=1S/C22H23N5O2/c1-26-14-17-4-2-3-5-19(17)20(26)12-24-21(28)22(29)25-18-8-6-16(7-9-18)13-27-11-10-23-15-27/h2-11,15,20H,12-14H2,1H3,(H,24,28)(H,25,29). The summed E-state index contributed by atoms with van der Waals surface area (Å²) in [5.41, 5.74) is 4.12. The lowest BCUT2D eigenvalue weighted by Crippen LogP contribution is -2.39. The molecular weight excluding hydrogens is 366 g/mol. The molecule has 0 aliphatic carbocycles. The van der Waals surface area contributed by atoms with Crippen molar-refractivity contribution in [3.8, 4) is 0 Å². The van der Waals surface area contributed by atoms with Crippen LogP contribution in [0.1, 0.15) is 22.7 Å². The van der Waals surface area contributed by atoms with E-state index in [1.54, 1.807) is 24.7 Å². The third-order valence-electron chi connectivity index (χ3n) is 5.16. The molecule has 2 heterocycles. The minimum Gasteiger partial charge on any atom is -0.346 e. The summed E-state index contributed by atoms with van der Waals surface area (Å²) in [7, 11) is 2.02. The second kappa shape index (κ2) is 8.28. The summed E-state index contributed by atoms with van der Waals surface area (Å²) in [6.45, 7) is 1.93. The first-order valence-electron chi connectivity index (χ1n) is 9.52. The van der Waals surface area contributed by atoms with E-state index >= 15 is 0 Å². The van der Waals surface area contributed by atoms with Gasteiger partial charge >= 0.3 is 11.8 Å². The first-order chi connectivity index (χ1) is 14.1. The number of fused-ring (bicyclic) bond motifs is 1. The van der Waals surface area contributed by atoms with Crippen molar-refractivity contribution >= 4 is 17.5 Å². The zero-order valence-corrected chi connectivity index (χ0v) is 16.2. The molecule has 2 amide bonds. The van der Waals surface area contributed by atoms with Gasteiger partial charge in [0, 0.05) is 37.7 Å². The Morgan fingerprint density at radius 3 is 2.66 bits per heavy atom. The van der Waals surface area contributed by atoms with Gasteiger partial charge in [0.25, 0.3) is 0 Å². The second-order valence-electron chi connectivity index (χ2n) is 7.23. The molecule has 7 heteroatoms. The van der Waals surface area contributed by atoms with Gasteiger partial charge in [-0.05, 0) is 35.9 Å². The molecule has 2 N–H and O–H groups in total. The van der Waals surface area contributed by atoms with Crippen molar-refractivity contribution in [1.82, 2.24) is 19.8 Å². The van der Waals surface area contributed by atoms with Crippen LogP contribution < -0.4 is 10.6 Å². The molecule has 1 aliphatic heterocycles. The maximum absolute atomic E-state index is 12.2. The fourth-order valence-corrected chi connectivity index (χ4v) is 3.63. The van der Waals surface area contributed by atoms with Gasteiger partial charge in [-0.15, -0.1) is 0 Å². The Kier molecular flexibility index (Phi) is 5.39. The molecule has 7 nitrogen and oxygen atoms in total. The lowest BCUT2D eigenvalue weighted by molar-refractivity contribution is -0.136. The van der Waals surface area contributed by atoms with Crippen molar-refractivity contribution in [2.75, 3.05) is 18.9 Å². The Balaban J connectivity index is 1.30. The molecule has 0 radical (unpaired) electrons. The highest BCUT2D eigenvalue weighted by molar-refractivity contribution is 6.39. The summed E-state index contributed by atoms with van der Waals surface area (Å²) < 4.78 is 1.96. The van der Waals surface area contributed by atoms with Gasteiger partial charge in [0.1, 0.15) is 0 Å². The van der Waals surface area contributed by atoms with Crippen molar-refractivity contribution in [2.24, 2.45) is 0 Å². The predicted octanol–water partition coefficient (Wildman–Crippen LogP) is 2.17. The van der Waals surface area contributed by atoms with Gasteiger partial charge < -0.3 is 15.2 Å². The van der Waals surface area contributed by atoms with Crippen LogP contribution in [0, 0.1) is 0 Å². The largest absolute Gasteiger partial charge is 0.346 e. The van der Waals surface area contributed by atoms with Gasteiger partial charge in [0.15, 0.2) is 0 Å². The van der Waals surface area contributed by atoms with Crippen LogP contribution in [0.5, 0.6) is 0 Å².